The van der Waals surface area contributed by atoms with Crippen molar-refractivity contribution in [2.75, 3.05) is 7.11 Å². The smallest absolute Gasteiger partial charge is 0.252 e. The second kappa shape index (κ2) is 6.52. The fourth-order valence-corrected chi connectivity index (χ4v) is 3.52. The Bertz CT molecular complexity index is 964. The molecule has 4 rings (SSSR count). The Balaban J connectivity index is 1.97. The van der Waals surface area contributed by atoms with E-state index in [2.05, 4.69) is 5.32 Å². The summed E-state index contributed by atoms with van der Waals surface area (Å²) in [6, 6.07) is 27.5. The van der Waals surface area contributed by atoms with Crippen LogP contribution in [0.3, 0.4) is 0 Å². The molecule has 1 aliphatic rings. The number of para-hydroxylation sites is 1. The van der Waals surface area contributed by atoms with E-state index in [9.17, 15) is 4.79 Å². The van der Waals surface area contributed by atoms with Crippen molar-refractivity contribution in [2.24, 2.45) is 0 Å². The molecule has 1 heterocycles. The lowest BCUT2D eigenvalue weighted by molar-refractivity contribution is -0.115. The van der Waals surface area contributed by atoms with Gasteiger partial charge >= 0.3 is 0 Å². The van der Waals surface area contributed by atoms with Crippen molar-refractivity contribution in [3.63, 3.8) is 0 Å². The van der Waals surface area contributed by atoms with E-state index in [1.807, 2.05) is 91.0 Å². The predicted molar refractivity (Wildman–Crippen MR) is 103 cm³/mol. The number of amides is 1. The molecule has 3 heteroatoms. The number of ether oxygens (including phenoxy) is 1. The molecule has 0 aliphatic carbocycles. The van der Waals surface area contributed by atoms with E-state index in [1.54, 1.807) is 7.11 Å². The predicted octanol–water partition coefficient (Wildman–Crippen LogP) is 4.15. The van der Waals surface area contributed by atoms with Gasteiger partial charge in [-0.15, -0.1) is 0 Å². The standard InChI is InChI=1S/C23H19NO2/c1-26-21-15-9-8-14-20(21)23(18-12-6-3-7-13-18)16-19(22(25)24-23)17-10-4-2-5-11-17/h2-16H,1H3,(H,24,25). The maximum atomic E-state index is 12.9. The molecule has 0 spiro atoms. The van der Waals surface area contributed by atoms with Crippen LogP contribution in [0.15, 0.2) is 91.0 Å². The summed E-state index contributed by atoms with van der Waals surface area (Å²) >= 11 is 0. The van der Waals surface area contributed by atoms with Gasteiger partial charge in [-0.1, -0.05) is 78.9 Å². The minimum absolute atomic E-state index is 0.0917. The SMILES string of the molecule is COc1ccccc1C1(c2ccccc2)C=C(c2ccccc2)C(=O)N1. The highest BCUT2D eigenvalue weighted by atomic mass is 16.5. The van der Waals surface area contributed by atoms with E-state index in [-0.39, 0.29) is 5.91 Å². The van der Waals surface area contributed by atoms with Gasteiger partial charge in [-0.2, -0.15) is 0 Å². The van der Waals surface area contributed by atoms with Gasteiger partial charge in [-0.25, -0.2) is 0 Å². The van der Waals surface area contributed by atoms with Gasteiger partial charge in [0.1, 0.15) is 11.3 Å². The first kappa shape index (κ1) is 16.2. The van der Waals surface area contributed by atoms with Gasteiger partial charge in [0.15, 0.2) is 0 Å². The minimum atomic E-state index is -0.768. The van der Waals surface area contributed by atoms with Gasteiger partial charge in [0, 0.05) is 11.1 Å². The van der Waals surface area contributed by atoms with Gasteiger partial charge in [0.2, 0.25) is 0 Å². The molecule has 3 nitrogen and oxygen atoms in total. The summed E-state index contributed by atoms with van der Waals surface area (Å²) in [6.45, 7) is 0. The Morgan fingerprint density at radius 1 is 0.808 bits per heavy atom. The Morgan fingerprint density at radius 3 is 2.12 bits per heavy atom. The molecule has 1 amide bonds. The van der Waals surface area contributed by atoms with Gasteiger partial charge in [0.25, 0.3) is 5.91 Å². The number of hydrogen-bond acceptors (Lipinski definition) is 2. The maximum Gasteiger partial charge on any atom is 0.252 e. The summed E-state index contributed by atoms with van der Waals surface area (Å²) in [5, 5.41) is 3.21. The van der Waals surface area contributed by atoms with Crippen molar-refractivity contribution in [2.45, 2.75) is 5.54 Å². The third kappa shape index (κ3) is 2.58. The summed E-state index contributed by atoms with van der Waals surface area (Å²) in [6.07, 6.45) is 2.01. The van der Waals surface area contributed by atoms with E-state index in [0.717, 1.165) is 22.4 Å². The maximum absolute atomic E-state index is 12.9. The third-order valence-electron chi connectivity index (χ3n) is 4.76. The van der Waals surface area contributed by atoms with Crippen LogP contribution in [-0.4, -0.2) is 13.0 Å². The summed E-state index contributed by atoms with van der Waals surface area (Å²) in [7, 11) is 1.65. The van der Waals surface area contributed by atoms with Gasteiger partial charge in [0.05, 0.1) is 7.11 Å². The Hall–Kier alpha value is -3.33. The number of carbonyl (C=O) groups is 1. The zero-order valence-electron chi connectivity index (χ0n) is 14.5. The van der Waals surface area contributed by atoms with E-state index >= 15 is 0 Å². The van der Waals surface area contributed by atoms with E-state index in [1.165, 1.54) is 0 Å². The molecular formula is C23H19NO2. The fourth-order valence-electron chi connectivity index (χ4n) is 3.52. The topological polar surface area (TPSA) is 38.3 Å². The molecule has 1 N–H and O–H groups in total. The van der Waals surface area contributed by atoms with Crippen LogP contribution in [0.4, 0.5) is 0 Å². The molecule has 1 aliphatic heterocycles. The largest absolute Gasteiger partial charge is 0.496 e. The quantitative estimate of drug-likeness (QED) is 0.774. The zero-order valence-corrected chi connectivity index (χ0v) is 14.5. The van der Waals surface area contributed by atoms with Crippen LogP contribution in [0, 0.1) is 0 Å². The molecule has 1 atom stereocenters. The number of hydrogen-bond donors (Lipinski definition) is 1. The van der Waals surface area contributed by atoms with Crippen LogP contribution in [0.2, 0.25) is 0 Å². The first-order chi connectivity index (χ1) is 12.7. The normalized spacial score (nSPS) is 19.0. The first-order valence-corrected chi connectivity index (χ1v) is 8.54. The number of methoxy groups -OCH3 is 1. The lowest BCUT2D eigenvalue weighted by Gasteiger charge is -2.30. The number of nitrogens with one attached hydrogen (secondary N) is 1. The van der Waals surface area contributed by atoms with Crippen LogP contribution < -0.4 is 10.1 Å². The number of rotatable bonds is 4. The second-order valence-electron chi connectivity index (χ2n) is 6.25. The molecule has 0 saturated heterocycles. The molecule has 0 bridgehead atoms. The Kier molecular flexibility index (Phi) is 4.05. The molecule has 26 heavy (non-hydrogen) atoms. The van der Waals surface area contributed by atoms with Crippen molar-refractivity contribution in [3.05, 3.63) is 108 Å². The third-order valence-corrected chi connectivity index (χ3v) is 4.76. The summed E-state index contributed by atoms with van der Waals surface area (Å²) in [4.78, 5) is 12.9. The van der Waals surface area contributed by atoms with E-state index < -0.39 is 5.54 Å². The molecule has 1 unspecified atom stereocenters. The van der Waals surface area contributed by atoms with Crippen LogP contribution >= 0.6 is 0 Å². The first-order valence-electron chi connectivity index (χ1n) is 8.54. The number of benzene rings is 3. The minimum Gasteiger partial charge on any atom is -0.496 e. The van der Waals surface area contributed by atoms with Crippen LogP contribution in [0.25, 0.3) is 5.57 Å². The van der Waals surface area contributed by atoms with Crippen molar-refractivity contribution >= 4 is 11.5 Å². The van der Waals surface area contributed by atoms with E-state index in [0.29, 0.717) is 5.57 Å². The lowest BCUT2D eigenvalue weighted by Crippen LogP contribution is -2.40. The highest BCUT2D eigenvalue weighted by molar-refractivity contribution is 6.22. The summed E-state index contributed by atoms with van der Waals surface area (Å²) in [5.74, 6) is 0.646. The highest BCUT2D eigenvalue weighted by Crippen LogP contribution is 2.42. The molecular weight excluding hydrogens is 322 g/mol. The van der Waals surface area contributed by atoms with Crippen LogP contribution in [-0.2, 0) is 10.3 Å². The molecule has 128 valence electrons. The highest BCUT2D eigenvalue weighted by Gasteiger charge is 2.42. The number of carbonyl (C=O) groups excluding carboxylic acids is 1. The fraction of sp³-hybridized carbons (Fsp3) is 0.0870. The average molecular weight is 341 g/mol. The van der Waals surface area contributed by atoms with Gasteiger partial charge < -0.3 is 10.1 Å². The molecule has 3 aromatic carbocycles. The Morgan fingerprint density at radius 2 is 1.42 bits per heavy atom. The Labute approximate surface area is 152 Å². The van der Waals surface area contributed by atoms with Crippen molar-refractivity contribution in [1.82, 2.24) is 5.32 Å². The summed E-state index contributed by atoms with van der Waals surface area (Å²) in [5.41, 5.74) is 2.70. The molecule has 0 saturated carbocycles. The van der Waals surface area contributed by atoms with E-state index in [4.69, 9.17) is 4.74 Å². The molecule has 0 radical (unpaired) electrons. The molecule has 3 aromatic rings. The summed E-state index contributed by atoms with van der Waals surface area (Å²) < 4.78 is 5.60. The van der Waals surface area contributed by atoms with Crippen LogP contribution in [0.5, 0.6) is 5.75 Å². The molecule has 0 aromatic heterocycles. The molecule has 0 fully saturated rings. The average Bonchev–Trinajstić information content (AvgIpc) is 3.07. The van der Waals surface area contributed by atoms with Gasteiger partial charge in [-0.3, -0.25) is 4.79 Å². The zero-order chi connectivity index (χ0) is 18.0. The lowest BCUT2D eigenvalue weighted by atomic mass is 9.82. The monoisotopic (exact) mass is 341 g/mol. The van der Waals surface area contributed by atoms with Gasteiger partial charge in [-0.05, 0) is 23.3 Å². The second-order valence-corrected chi connectivity index (χ2v) is 6.25. The van der Waals surface area contributed by atoms with Crippen molar-refractivity contribution < 1.29 is 9.53 Å². The van der Waals surface area contributed by atoms with Crippen LogP contribution in [0.1, 0.15) is 16.7 Å². The van der Waals surface area contributed by atoms with Crippen molar-refractivity contribution in [3.8, 4) is 5.75 Å². The van der Waals surface area contributed by atoms with Crippen molar-refractivity contribution in [1.29, 1.82) is 0 Å².